The highest BCUT2D eigenvalue weighted by molar-refractivity contribution is 9.10. The standard InChI is InChI=1S/C11H16BrNO4S/c1-16-10-6-4-5-9(12)11(10)17-7-2-3-8-18(13,14)15/h4-6H,2-3,7-8H2,1H3,(H2,13,14,15). The quantitative estimate of drug-likeness (QED) is 0.770. The van der Waals surface area contributed by atoms with Crippen molar-refractivity contribution in [3.8, 4) is 11.5 Å². The van der Waals surface area contributed by atoms with E-state index in [1.165, 1.54) is 0 Å². The van der Waals surface area contributed by atoms with E-state index < -0.39 is 10.0 Å². The topological polar surface area (TPSA) is 78.6 Å². The molecule has 1 rings (SSSR count). The fourth-order valence-corrected chi connectivity index (χ4v) is 2.44. The highest BCUT2D eigenvalue weighted by Gasteiger charge is 2.08. The molecule has 0 fully saturated rings. The van der Waals surface area contributed by atoms with Gasteiger partial charge in [0.05, 0.1) is 23.9 Å². The molecule has 0 spiro atoms. The van der Waals surface area contributed by atoms with Crippen molar-refractivity contribution in [2.75, 3.05) is 19.5 Å². The summed E-state index contributed by atoms with van der Waals surface area (Å²) in [4.78, 5) is 0. The fraction of sp³-hybridized carbons (Fsp3) is 0.455. The lowest BCUT2D eigenvalue weighted by Gasteiger charge is -2.11. The zero-order valence-electron chi connectivity index (χ0n) is 10.1. The molecular weight excluding hydrogens is 322 g/mol. The summed E-state index contributed by atoms with van der Waals surface area (Å²) in [5.74, 6) is 1.23. The maximum absolute atomic E-state index is 10.7. The van der Waals surface area contributed by atoms with Gasteiger partial charge in [0.1, 0.15) is 0 Å². The number of rotatable bonds is 7. The summed E-state index contributed by atoms with van der Waals surface area (Å²) < 4.78 is 33.0. The number of hydrogen-bond acceptors (Lipinski definition) is 4. The second kappa shape index (κ2) is 6.96. The summed E-state index contributed by atoms with van der Waals surface area (Å²) in [6, 6.07) is 5.49. The van der Waals surface area contributed by atoms with Gasteiger partial charge < -0.3 is 9.47 Å². The molecule has 0 aliphatic carbocycles. The van der Waals surface area contributed by atoms with Crippen LogP contribution in [0.2, 0.25) is 0 Å². The number of sulfonamides is 1. The number of ether oxygens (including phenoxy) is 2. The first kappa shape index (κ1) is 15.3. The maximum atomic E-state index is 10.7. The molecule has 0 saturated carbocycles. The molecule has 0 aromatic heterocycles. The molecule has 5 nitrogen and oxygen atoms in total. The van der Waals surface area contributed by atoms with Gasteiger partial charge in [0.25, 0.3) is 0 Å². The Morgan fingerprint density at radius 3 is 2.67 bits per heavy atom. The van der Waals surface area contributed by atoms with Gasteiger partial charge in [-0.2, -0.15) is 0 Å². The second-order valence-electron chi connectivity index (χ2n) is 3.69. The van der Waals surface area contributed by atoms with Gasteiger partial charge in [-0.15, -0.1) is 0 Å². The number of methoxy groups -OCH3 is 1. The van der Waals surface area contributed by atoms with Gasteiger partial charge in [-0.3, -0.25) is 0 Å². The first-order valence-corrected chi connectivity index (χ1v) is 7.90. The number of benzene rings is 1. The van der Waals surface area contributed by atoms with Crippen LogP contribution in [0, 0.1) is 0 Å². The van der Waals surface area contributed by atoms with Crippen molar-refractivity contribution in [1.82, 2.24) is 0 Å². The first-order valence-electron chi connectivity index (χ1n) is 5.40. The van der Waals surface area contributed by atoms with Crippen molar-refractivity contribution < 1.29 is 17.9 Å². The Hall–Kier alpha value is -0.790. The lowest BCUT2D eigenvalue weighted by atomic mass is 10.3. The minimum absolute atomic E-state index is 0.0244. The van der Waals surface area contributed by atoms with Crippen LogP contribution in [0.15, 0.2) is 22.7 Å². The van der Waals surface area contributed by atoms with E-state index in [0.717, 1.165) is 4.47 Å². The molecule has 18 heavy (non-hydrogen) atoms. The van der Waals surface area contributed by atoms with Crippen molar-refractivity contribution in [2.24, 2.45) is 5.14 Å². The van der Waals surface area contributed by atoms with Gasteiger partial charge in [-0.1, -0.05) is 6.07 Å². The number of hydrogen-bond donors (Lipinski definition) is 1. The lowest BCUT2D eigenvalue weighted by molar-refractivity contribution is 0.286. The summed E-state index contributed by atoms with van der Waals surface area (Å²) >= 11 is 3.37. The van der Waals surface area contributed by atoms with Crippen LogP contribution in [0.5, 0.6) is 11.5 Å². The third kappa shape index (κ3) is 5.24. The van der Waals surface area contributed by atoms with Crippen LogP contribution in [0.25, 0.3) is 0 Å². The number of unbranched alkanes of at least 4 members (excludes halogenated alkanes) is 1. The SMILES string of the molecule is COc1cccc(Br)c1OCCCCS(N)(=O)=O. The molecule has 102 valence electrons. The molecule has 0 heterocycles. The molecule has 0 atom stereocenters. The molecule has 0 aliphatic rings. The zero-order chi connectivity index (χ0) is 13.6. The monoisotopic (exact) mass is 337 g/mol. The summed E-state index contributed by atoms with van der Waals surface area (Å²) in [5, 5.41) is 4.90. The molecule has 0 radical (unpaired) electrons. The van der Waals surface area contributed by atoms with Crippen molar-refractivity contribution in [3.63, 3.8) is 0 Å². The van der Waals surface area contributed by atoms with Gasteiger partial charge in [0.2, 0.25) is 10.0 Å². The first-order chi connectivity index (χ1) is 8.44. The highest BCUT2D eigenvalue weighted by atomic mass is 79.9. The number of para-hydroxylation sites is 1. The molecule has 0 saturated heterocycles. The van der Waals surface area contributed by atoms with Gasteiger partial charge >= 0.3 is 0 Å². The Kier molecular flexibility index (Phi) is 5.90. The van der Waals surface area contributed by atoms with E-state index >= 15 is 0 Å². The van der Waals surface area contributed by atoms with Crippen molar-refractivity contribution in [2.45, 2.75) is 12.8 Å². The Morgan fingerprint density at radius 2 is 2.06 bits per heavy atom. The van der Waals surface area contributed by atoms with Crippen LogP contribution in [-0.4, -0.2) is 27.9 Å². The van der Waals surface area contributed by atoms with Crippen molar-refractivity contribution >= 4 is 26.0 Å². The number of primary sulfonamides is 1. The average Bonchev–Trinajstić information content (AvgIpc) is 2.29. The summed E-state index contributed by atoms with van der Waals surface area (Å²) in [7, 11) is -1.81. The third-order valence-corrected chi connectivity index (χ3v) is 3.70. The Morgan fingerprint density at radius 1 is 1.33 bits per heavy atom. The molecule has 1 aromatic rings. The average molecular weight is 338 g/mol. The highest BCUT2D eigenvalue weighted by Crippen LogP contribution is 2.34. The molecule has 0 aliphatic heterocycles. The predicted molar refractivity (Wildman–Crippen MR) is 73.4 cm³/mol. The van der Waals surface area contributed by atoms with Crippen LogP contribution < -0.4 is 14.6 Å². The van der Waals surface area contributed by atoms with E-state index in [0.29, 0.717) is 30.9 Å². The molecule has 0 bridgehead atoms. The van der Waals surface area contributed by atoms with E-state index in [4.69, 9.17) is 14.6 Å². The Bertz CT molecular complexity index is 490. The van der Waals surface area contributed by atoms with Crippen LogP contribution in [0.1, 0.15) is 12.8 Å². The third-order valence-electron chi connectivity index (χ3n) is 2.22. The van der Waals surface area contributed by atoms with Crippen LogP contribution in [0.3, 0.4) is 0 Å². The summed E-state index contributed by atoms with van der Waals surface area (Å²) in [6.07, 6.45) is 1.09. The molecule has 7 heteroatoms. The van der Waals surface area contributed by atoms with Crippen molar-refractivity contribution in [1.29, 1.82) is 0 Å². The van der Waals surface area contributed by atoms with Gasteiger partial charge in [-0.25, -0.2) is 13.6 Å². The van der Waals surface area contributed by atoms with E-state index in [1.807, 2.05) is 12.1 Å². The van der Waals surface area contributed by atoms with E-state index in [2.05, 4.69) is 15.9 Å². The predicted octanol–water partition coefficient (Wildman–Crippen LogP) is 1.91. The molecule has 0 unspecified atom stereocenters. The largest absolute Gasteiger partial charge is 0.493 e. The Balaban J connectivity index is 2.44. The molecular formula is C11H16BrNO4S. The second-order valence-corrected chi connectivity index (χ2v) is 6.28. The van der Waals surface area contributed by atoms with Crippen LogP contribution >= 0.6 is 15.9 Å². The van der Waals surface area contributed by atoms with Gasteiger partial charge in [-0.05, 0) is 40.9 Å². The summed E-state index contributed by atoms with van der Waals surface area (Å²) in [6.45, 7) is 0.411. The Labute approximate surface area is 115 Å². The lowest BCUT2D eigenvalue weighted by Crippen LogP contribution is -2.16. The van der Waals surface area contributed by atoms with Gasteiger partial charge in [0.15, 0.2) is 11.5 Å². The molecule has 2 N–H and O–H groups in total. The fourth-order valence-electron chi connectivity index (χ4n) is 1.37. The minimum Gasteiger partial charge on any atom is -0.493 e. The molecule has 0 amide bonds. The minimum atomic E-state index is -3.38. The van der Waals surface area contributed by atoms with Crippen molar-refractivity contribution in [3.05, 3.63) is 22.7 Å². The maximum Gasteiger partial charge on any atom is 0.209 e. The smallest absolute Gasteiger partial charge is 0.209 e. The van der Waals surface area contributed by atoms with E-state index in [-0.39, 0.29) is 5.75 Å². The molecule has 1 aromatic carbocycles. The van der Waals surface area contributed by atoms with E-state index in [1.54, 1.807) is 13.2 Å². The van der Waals surface area contributed by atoms with E-state index in [9.17, 15) is 8.42 Å². The van der Waals surface area contributed by atoms with Gasteiger partial charge in [0, 0.05) is 0 Å². The van der Waals surface area contributed by atoms with Crippen LogP contribution in [-0.2, 0) is 10.0 Å². The number of nitrogens with two attached hydrogens (primary N) is 1. The van der Waals surface area contributed by atoms with Crippen LogP contribution in [0.4, 0.5) is 0 Å². The number of halogens is 1. The summed E-state index contributed by atoms with van der Waals surface area (Å²) in [5.41, 5.74) is 0. The normalized spacial score (nSPS) is 11.3. The zero-order valence-corrected chi connectivity index (χ0v) is 12.5.